The van der Waals surface area contributed by atoms with Gasteiger partial charge in [-0.25, -0.2) is 22.6 Å². The molecular weight excluding hydrogens is 410 g/mol. The number of nitrogens with two attached hydrogens (primary N) is 1. The lowest BCUT2D eigenvalue weighted by Gasteiger charge is -2.23. The topological polar surface area (TPSA) is 78.0 Å². The summed E-state index contributed by atoms with van der Waals surface area (Å²) in [6.07, 6.45) is -2.06. The normalized spacial score (nSPS) is 12.3. The van der Waals surface area contributed by atoms with Gasteiger partial charge in [0.25, 0.3) is 0 Å². The van der Waals surface area contributed by atoms with E-state index in [1.54, 1.807) is 6.92 Å². The first-order valence-electron chi connectivity index (χ1n) is 8.60. The van der Waals surface area contributed by atoms with Crippen LogP contribution in [0.15, 0.2) is 53.7 Å². The number of primary sulfonamides is 1. The quantitative estimate of drug-likeness (QED) is 0.617. The van der Waals surface area contributed by atoms with Crippen LogP contribution in [-0.2, 0) is 22.6 Å². The molecule has 0 unspecified atom stereocenters. The summed E-state index contributed by atoms with van der Waals surface area (Å²) in [6.45, 7) is 1.70. The fourth-order valence-electron chi connectivity index (χ4n) is 3.23. The number of nitrogens with zero attached hydrogens (tertiary/aromatic N) is 2. The third-order valence-electron chi connectivity index (χ3n) is 4.35. The number of rotatable bonds is 5. The molecule has 0 amide bonds. The maximum absolute atomic E-state index is 14.2. The van der Waals surface area contributed by atoms with Crippen LogP contribution in [0.3, 0.4) is 0 Å². The molecule has 0 radical (unpaired) electrons. The predicted octanol–water partition coefficient (Wildman–Crippen LogP) is 4.30. The summed E-state index contributed by atoms with van der Waals surface area (Å²) in [7, 11) is -4.55. The van der Waals surface area contributed by atoms with E-state index in [-0.39, 0.29) is 23.1 Å². The molecule has 0 aliphatic carbocycles. The molecule has 10 heteroatoms. The van der Waals surface area contributed by atoms with Crippen LogP contribution < -0.4 is 5.14 Å². The molecular formula is C19H17F4N3O2S. The second kappa shape index (κ2) is 7.60. The number of sulfonamides is 1. The summed E-state index contributed by atoms with van der Waals surface area (Å²) in [5, 5.41) is 9.07. The minimum absolute atomic E-state index is 0.0146. The van der Waals surface area contributed by atoms with E-state index in [1.165, 1.54) is 30.6 Å². The molecule has 1 heterocycles. The largest absolute Gasteiger partial charge is 0.418 e. The maximum Gasteiger partial charge on any atom is 0.418 e. The van der Waals surface area contributed by atoms with Gasteiger partial charge in [0.1, 0.15) is 10.7 Å². The molecule has 0 saturated carbocycles. The smallest absolute Gasteiger partial charge is 0.239 e. The molecule has 1 aromatic heterocycles. The first-order valence-corrected chi connectivity index (χ1v) is 10.1. The van der Waals surface area contributed by atoms with E-state index in [9.17, 15) is 26.0 Å². The fraction of sp³-hybridized carbons (Fsp3) is 0.211. The third-order valence-corrected chi connectivity index (χ3v) is 5.28. The molecule has 3 rings (SSSR count). The summed E-state index contributed by atoms with van der Waals surface area (Å²) in [5.74, 6) is -0.568. The summed E-state index contributed by atoms with van der Waals surface area (Å²) in [5.41, 5.74) is -1.62. The van der Waals surface area contributed by atoms with Crippen LogP contribution in [0.5, 0.6) is 0 Å². The SMILES string of the molecule is CCCc1c(-c2ccc(F)cc2)cc(S(N)(=O)=O)c(-n2cccn2)c1C(F)(F)F. The molecule has 154 valence electrons. The first kappa shape index (κ1) is 21.0. The molecule has 2 aromatic carbocycles. The van der Waals surface area contributed by atoms with Gasteiger partial charge in [0.15, 0.2) is 0 Å². The van der Waals surface area contributed by atoms with Crippen LogP contribution in [0, 0.1) is 5.82 Å². The summed E-state index contributed by atoms with van der Waals surface area (Å²) in [6, 6.07) is 7.25. The van der Waals surface area contributed by atoms with Gasteiger partial charge < -0.3 is 0 Å². The monoisotopic (exact) mass is 427 g/mol. The first-order chi connectivity index (χ1) is 13.5. The maximum atomic E-state index is 14.2. The molecule has 0 atom stereocenters. The minimum Gasteiger partial charge on any atom is -0.239 e. The number of alkyl halides is 3. The van der Waals surface area contributed by atoms with Crippen LogP contribution in [-0.4, -0.2) is 18.2 Å². The van der Waals surface area contributed by atoms with Crippen molar-refractivity contribution in [3.8, 4) is 16.8 Å². The lowest BCUT2D eigenvalue weighted by atomic mass is 9.91. The van der Waals surface area contributed by atoms with Gasteiger partial charge in [-0.2, -0.15) is 18.3 Å². The zero-order chi connectivity index (χ0) is 21.4. The third kappa shape index (κ3) is 4.18. The lowest BCUT2D eigenvalue weighted by molar-refractivity contribution is -0.138. The highest BCUT2D eigenvalue weighted by Crippen LogP contribution is 2.44. The Morgan fingerprint density at radius 2 is 1.83 bits per heavy atom. The van der Waals surface area contributed by atoms with Crippen molar-refractivity contribution in [2.75, 3.05) is 0 Å². The van der Waals surface area contributed by atoms with Gasteiger partial charge in [-0.15, -0.1) is 0 Å². The van der Waals surface area contributed by atoms with Gasteiger partial charge >= 0.3 is 6.18 Å². The van der Waals surface area contributed by atoms with E-state index in [0.29, 0.717) is 6.42 Å². The molecule has 2 N–H and O–H groups in total. The van der Waals surface area contributed by atoms with E-state index in [1.807, 2.05) is 0 Å². The molecule has 29 heavy (non-hydrogen) atoms. The molecule has 0 spiro atoms. The Morgan fingerprint density at radius 1 is 1.17 bits per heavy atom. The summed E-state index contributed by atoms with van der Waals surface area (Å²) < 4.78 is 81.3. The molecule has 0 fully saturated rings. The molecule has 5 nitrogen and oxygen atoms in total. The number of aromatic nitrogens is 2. The van der Waals surface area contributed by atoms with Gasteiger partial charge in [-0.1, -0.05) is 25.5 Å². The van der Waals surface area contributed by atoms with Gasteiger partial charge in [-0.05, 0) is 47.4 Å². The van der Waals surface area contributed by atoms with Gasteiger partial charge in [-0.3, -0.25) is 0 Å². The van der Waals surface area contributed by atoms with Crippen molar-refractivity contribution in [2.24, 2.45) is 5.14 Å². The van der Waals surface area contributed by atoms with Crippen molar-refractivity contribution in [1.82, 2.24) is 9.78 Å². The van der Waals surface area contributed by atoms with Crippen molar-refractivity contribution in [1.29, 1.82) is 0 Å². The molecule has 0 saturated heterocycles. The Bertz CT molecular complexity index is 1120. The van der Waals surface area contributed by atoms with E-state index in [0.717, 1.165) is 22.9 Å². The van der Waals surface area contributed by atoms with E-state index in [2.05, 4.69) is 5.10 Å². The van der Waals surface area contributed by atoms with Crippen molar-refractivity contribution < 1.29 is 26.0 Å². The van der Waals surface area contributed by atoms with Gasteiger partial charge in [0, 0.05) is 12.4 Å². The zero-order valence-electron chi connectivity index (χ0n) is 15.2. The van der Waals surface area contributed by atoms with Crippen LogP contribution in [0.2, 0.25) is 0 Å². The highest BCUT2D eigenvalue weighted by atomic mass is 32.2. The molecule has 3 aromatic rings. The second-order valence-corrected chi connectivity index (χ2v) is 7.90. The minimum atomic E-state index is -4.89. The van der Waals surface area contributed by atoms with Crippen LogP contribution in [0.25, 0.3) is 16.8 Å². The highest BCUT2D eigenvalue weighted by molar-refractivity contribution is 7.89. The fourth-order valence-corrected chi connectivity index (χ4v) is 3.98. The predicted molar refractivity (Wildman–Crippen MR) is 99.3 cm³/mol. The van der Waals surface area contributed by atoms with Crippen LogP contribution >= 0.6 is 0 Å². The average molecular weight is 427 g/mol. The Hall–Kier alpha value is -2.72. The molecule has 0 aliphatic rings. The van der Waals surface area contributed by atoms with Crippen molar-refractivity contribution in [3.63, 3.8) is 0 Å². The van der Waals surface area contributed by atoms with E-state index in [4.69, 9.17) is 5.14 Å². The summed E-state index contributed by atoms with van der Waals surface area (Å²) in [4.78, 5) is -0.715. The zero-order valence-corrected chi connectivity index (χ0v) is 16.1. The van der Waals surface area contributed by atoms with Crippen molar-refractivity contribution in [2.45, 2.75) is 30.8 Å². The average Bonchev–Trinajstić information content (AvgIpc) is 3.14. The van der Waals surface area contributed by atoms with Crippen molar-refractivity contribution in [3.05, 3.63) is 65.7 Å². The van der Waals surface area contributed by atoms with Crippen LogP contribution in [0.4, 0.5) is 17.6 Å². The number of hydrogen-bond donors (Lipinski definition) is 1. The number of halogens is 4. The Kier molecular flexibility index (Phi) is 5.50. The van der Waals surface area contributed by atoms with E-state index >= 15 is 0 Å². The number of hydrogen-bond acceptors (Lipinski definition) is 3. The lowest BCUT2D eigenvalue weighted by Crippen LogP contribution is -2.22. The number of benzene rings is 2. The van der Waals surface area contributed by atoms with Gasteiger partial charge in [0.05, 0.1) is 11.3 Å². The van der Waals surface area contributed by atoms with Gasteiger partial charge in [0.2, 0.25) is 10.0 Å². The van der Waals surface area contributed by atoms with Crippen LogP contribution in [0.1, 0.15) is 24.5 Å². The molecule has 0 aliphatic heterocycles. The Morgan fingerprint density at radius 3 is 2.31 bits per heavy atom. The Balaban J connectivity index is 2.53. The highest BCUT2D eigenvalue weighted by Gasteiger charge is 2.41. The molecule has 0 bridgehead atoms. The van der Waals surface area contributed by atoms with Crippen molar-refractivity contribution >= 4 is 10.0 Å². The standard InChI is InChI=1S/C19H17F4N3O2S/c1-2-4-14-15(12-5-7-13(20)8-6-12)11-16(29(24,27)28)18(17(14)19(21,22)23)26-10-3-9-25-26/h3,5-11H,2,4H2,1H3,(H2,24,27,28). The Labute approximate surface area is 164 Å². The van der Waals surface area contributed by atoms with E-state index < -0.39 is 38.2 Å². The second-order valence-electron chi connectivity index (χ2n) is 6.37. The summed E-state index contributed by atoms with van der Waals surface area (Å²) >= 11 is 0.